The van der Waals surface area contributed by atoms with E-state index in [-0.39, 0.29) is 17.9 Å². The predicted molar refractivity (Wildman–Crippen MR) is 88.4 cm³/mol. The van der Waals surface area contributed by atoms with Crippen molar-refractivity contribution in [3.63, 3.8) is 0 Å². The molecular formula is C18H28N2O. The van der Waals surface area contributed by atoms with Gasteiger partial charge in [-0.3, -0.25) is 4.79 Å². The Morgan fingerprint density at radius 1 is 1.33 bits per heavy atom. The Kier molecular flexibility index (Phi) is 5.66. The van der Waals surface area contributed by atoms with Crippen LogP contribution in [0.2, 0.25) is 0 Å². The summed E-state index contributed by atoms with van der Waals surface area (Å²) in [6, 6.07) is 8.46. The number of anilines is 1. The van der Waals surface area contributed by atoms with Crippen LogP contribution < -0.4 is 10.6 Å². The molecule has 0 aromatic heterocycles. The van der Waals surface area contributed by atoms with Gasteiger partial charge < -0.3 is 10.6 Å². The van der Waals surface area contributed by atoms with E-state index in [4.69, 9.17) is 0 Å². The van der Waals surface area contributed by atoms with Gasteiger partial charge in [-0.05, 0) is 37.3 Å². The van der Waals surface area contributed by atoms with Crippen molar-refractivity contribution in [3.05, 3.63) is 29.8 Å². The van der Waals surface area contributed by atoms with E-state index in [1.165, 1.54) is 24.1 Å². The maximum absolute atomic E-state index is 12.4. The molecule has 0 fully saturated rings. The van der Waals surface area contributed by atoms with Crippen molar-refractivity contribution in [2.45, 2.75) is 52.5 Å². The lowest BCUT2D eigenvalue weighted by atomic mass is 9.87. The van der Waals surface area contributed by atoms with Gasteiger partial charge in [-0.2, -0.15) is 0 Å². The lowest BCUT2D eigenvalue weighted by Crippen LogP contribution is -2.43. The van der Waals surface area contributed by atoms with Crippen LogP contribution in [0.25, 0.3) is 0 Å². The number of para-hydroxylation sites is 1. The normalized spacial score (nSPS) is 20.8. The molecule has 0 saturated carbocycles. The van der Waals surface area contributed by atoms with Crippen LogP contribution in [0.4, 0.5) is 5.69 Å². The summed E-state index contributed by atoms with van der Waals surface area (Å²) in [5, 5.41) is 6.55. The van der Waals surface area contributed by atoms with Gasteiger partial charge in [-0.15, -0.1) is 0 Å². The smallest absolute Gasteiger partial charge is 0.225 e. The molecule has 0 saturated heterocycles. The molecule has 2 unspecified atom stereocenters. The molecule has 1 aromatic carbocycles. The van der Waals surface area contributed by atoms with E-state index < -0.39 is 0 Å². The molecule has 1 amide bonds. The molecule has 2 N–H and O–H groups in total. The summed E-state index contributed by atoms with van der Waals surface area (Å²) >= 11 is 0. The molecule has 2 rings (SSSR count). The standard InChI is InChI=1S/C18H28N2O/c1-13(2)8-6-7-11-19-18(21)16-12-15-9-4-5-10-17(15)20-14(16)3/h4-5,9-10,13-14,16,20H,6-8,11-12H2,1-3H3,(H,19,21). The Morgan fingerprint density at radius 2 is 2.10 bits per heavy atom. The second kappa shape index (κ2) is 7.48. The summed E-state index contributed by atoms with van der Waals surface area (Å²) in [5.41, 5.74) is 2.42. The van der Waals surface area contributed by atoms with Gasteiger partial charge in [-0.1, -0.05) is 44.9 Å². The van der Waals surface area contributed by atoms with Gasteiger partial charge in [0, 0.05) is 18.3 Å². The molecule has 116 valence electrons. The number of carbonyl (C=O) groups excluding carboxylic acids is 1. The van der Waals surface area contributed by atoms with E-state index in [1.54, 1.807) is 0 Å². The maximum Gasteiger partial charge on any atom is 0.225 e. The van der Waals surface area contributed by atoms with Gasteiger partial charge in [0.2, 0.25) is 5.91 Å². The number of unbranched alkanes of at least 4 members (excludes halogenated alkanes) is 1. The van der Waals surface area contributed by atoms with E-state index in [1.807, 2.05) is 12.1 Å². The third kappa shape index (κ3) is 4.48. The average Bonchev–Trinajstić information content (AvgIpc) is 2.45. The van der Waals surface area contributed by atoms with Crippen LogP contribution in [0.15, 0.2) is 24.3 Å². The third-order valence-corrected chi connectivity index (χ3v) is 4.29. The first-order valence-electron chi connectivity index (χ1n) is 8.20. The molecular weight excluding hydrogens is 260 g/mol. The van der Waals surface area contributed by atoms with Crippen molar-refractivity contribution in [1.82, 2.24) is 5.32 Å². The van der Waals surface area contributed by atoms with Gasteiger partial charge in [0.15, 0.2) is 0 Å². The zero-order valence-electron chi connectivity index (χ0n) is 13.5. The third-order valence-electron chi connectivity index (χ3n) is 4.29. The molecule has 0 bridgehead atoms. The highest BCUT2D eigenvalue weighted by Crippen LogP contribution is 2.28. The van der Waals surface area contributed by atoms with Crippen molar-refractivity contribution in [3.8, 4) is 0 Å². The first-order chi connectivity index (χ1) is 10.1. The van der Waals surface area contributed by atoms with E-state index >= 15 is 0 Å². The van der Waals surface area contributed by atoms with Gasteiger partial charge in [0.1, 0.15) is 0 Å². The Labute approximate surface area is 128 Å². The average molecular weight is 288 g/mol. The number of hydrogen-bond acceptors (Lipinski definition) is 2. The molecule has 1 aromatic rings. The van der Waals surface area contributed by atoms with Gasteiger partial charge in [0.05, 0.1) is 5.92 Å². The highest BCUT2D eigenvalue weighted by atomic mass is 16.1. The van der Waals surface area contributed by atoms with E-state index in [0.717, 1.165) is 25.3 Å². The molecule has 0 aliphatic carbocycles. The topological polar surface area (TPSA) is 41.1 Å². The lowest BCUT2D eigenvalue weighted by Gasteiger charge is -2.31. The predicted octanol–water partition coefficient (Wildman–Crippen LogP) is 3.60. The lowest BCUT2D eigenvalue weighted by molar-refractivity contribution is -0.125. The maximum atomic E-state index is 12.4. The SMILES string of the molecule is CC(C)CCCCNC(=O)C1Cc2ccccc2NC1C. The highest BCUT2D eigenvalue weighted by Gasteiger charge is 2.29. The van der Waals surface area contributed by atoms with Crippen molar-refractivity contribution < 1.29 is 4.79 Å². The second-order valence-electron chi connectivity index (χ2n) is 6.58. The van der Waals surface area contributed by atoms with Gasteiger partial charge >= 0.3 is 0 Å². The van der Waals surface area contributed by atoms with Crippen LogP contribution in [0.1, 0.15) is 45.6 Å². The minimum absolute atomic E-state index is 0.0324. The zero-order valence-corrected chi connectivity index (χ0v) is 13.5. The molecule has 1 heterocycles. The minimum atomic E-state index is 0.0324. The summed E-state index contributed by atoms with van der Waals surface area (Å²) in [6.45, 7) is 7.38. The number of nitrogens with one attached hydrogen (secondary N) is 2. The van der Waals surface area contributed by atoms with Crippen LogP contribution >= 0.6 is 0 Å². The Morgan fingerprint density at radius 3 is 2.86 bits per heavy atom. The second-order valence-corrected chi connectivity index (χ2v) is 6.58. The van der Waals surface area contributed by atoms with Crippen LogP contribution in [-0.4, -0.2) is 18.5 Å². The van der Waals surface area contributed by atoms with Crippen LogP contribution in [0.5, 0.6) is 0 Å². The summed E-state index contributed by atoms with van der Waals surface area (Å²) < 4.78 is 0. The number of fused-ring (bicyclic) bond motifs is 1. The number of amides is 1. The molecule has 0 radical (unpaired) electrons. The fraction of sp³-hybridized carbons (Fsp3) is 0.611. The van der Waals surface area contributed by atoms with E-state index in [2.05, 4.69) is 43.5 Å². The van der Waals surface area contributed by atoms with Gasteiger partial charge in [0.25, 0.3) is 0 Å². The van der Waals surface area contributed by atoms with E-state index in [9.17, 15) is 4.79 Å². The molecule has 3 nitrogen and oxygen atoms in total. The van der Waals surface area contributed by atoms with Crippen molar-refractivity contribution in [1.29, 1.82) is 0 Å². The summed E-state index contributed by atoms with van der Waals surface area (Å²) in [6.07, 6.45) is 4.35. The Hall–Kier alpha value is -1.51. The zero-order chi connectivity index (χ0) is 15.2. The summed E-state index contributed by atoms with van der Waals surface area (Å²) in [4.78, 5) is 12.4. The number of hydrogen-bond donors (Lipinski definition) is 2. The van der Waals surface area contributed by atoms with Crippen LogP contribution in [0, 0.1) is 11.8 Å². The van der Waals surface area contributed by atoms with Crippen LogP contribution in [-0.2, 0) is 11.2 Å². The molecule has 3 heteroatoms. The quantitative estimate of drug-likeness (QED) is 0.785. The van der Waals surface area contributed by atoms with Crippen molar-refractivity contribution in [2.75, 3.05) is 11.9 Å². The molecule has 0 spiro atoms. The summed E-state index contributed by atoms with van der Waals surface area (Å²) in [5.74, 6) is 0.971. The van der Waals surface area contributed by atoms with Crippen LogP contribution in [0.3, 0.4) is 0 Å². The first-order valence-corrected chi connectivity index (χ1v) is 8.20. The summed E-state index contributed by atoms with van der Waals surface area (Å²) in [7, 11) is 0. The highest BCUT2D eigenvalue weighted by molar-refractivity contribution is 5.81. The number of rotatable bonds is 6. The molecule has 1 aliphatic rings. The Bertz CT molecular complexity index is 470. The number of benzene rings is 1. The van der Waals surface area contributed by atoms with Crippen molar-refractivity contribution >= 4 is 11.6 Å². The minimum Gasteiger partial charge on any atom is -0.382 e. The monoisotopic (exact) mass is 288 g/mol. The molecule has 1 aliphatic heterocycles. The number of carbonyl (C=O) groups is 1. The van der Waals surface area contributed by atoms with E-state index in [0.29, 0.717) is 0 Å². The van der Waals surface area contributed by atoms with Gasteiger partial charge in [-0.25, -0.2) is 0 Å². The molecule has 21 heavy (non-hydrogen) atoms. The molecule has 2 atom stereocenters. The fourth-order valence-electron chi connectivity index (χ4n) is 2.94. The first kappa shape index (κ1) is 15.9. The van der Waals surface area contributed by atoms with Crippen molar-refractivity contribution in [2.24, 2.45) is 11.8 Å². The largest absolute Gasteiger partial charge is 0.382 e. The fourth-order valence-corrected chi connectivity index (χ4v) is 2.94. The Balaban J connectivity index is 1.80.